The van der Waals surface area contributed by atoms with Crippen LogP contribution in [0.15, 0.2) is 54.6 Å². The van der Waals surface area contributed by atoms with Crippen LogP contribution in [0.2, 0.25) is 13.1 Å². The molecule has 20 heavy (non-hydrogen) atoms. The number of aryl methyl sites for hydroxylation is 1. The van der Waals surface area contributed by atoms with Crippen molar-refractivity contribution in [2.45, 2.75) is 39.3 Å². The minimum absolute atomic E-state index is 0.972. The molecule has 0 saturated carbocycles. The minimum atomic E-state index is -1.87. The highest BCUT2D eigenvalue weighted by atomic mass is 28.4. The maximum Gasteiger partial charge on any atom is 0.276 e. The normalized spacial score (nSPS) is 11.3. The molecule has 2 aromatic rings. The van der Waals surface area contributed by atoms with Gasteiger partial charge in [-0.2, -0.15) is 0 Å². The number of hydrogen-bond acceptors (Lipinski definition) is 1. The van der Waals surface area contributed by atoms with Gasteiger partial charge in [0.2, 0.25) is 0 Å². The van der Waals surface area contributed by atoms with E-state index >= 15 is 0 Å². The summed E-state index contributed by atoms with van der Waals surface area (Å²) >= 11 is 0. The molecule has 0 atom stereocenters. The molecule has 0 fully saturated rings. The molecule has 0 bridgehead atoms. The quantitative estimate of drug-likeness (QED) is 0.709. The number of unbranched alkanes of at least 4 members (excludes halogenated alkanes) is 1. The second-order valence-electron chi connectivity index (χ2n) is 5.73. The monoisotopic (exact) mass is 284 g/mol. The molecule has 0 amide bonds. The molecular weight excluding hydrogens is 260 g/mol. The van der Waals surface area contributed by atoms with Gasteiger partial charge in [-0.3, -0.25) is 0 Å². The van der Waals surface area contributed by atoms with Crippen molar-refractivity contribution < 1.29 is 4.43 Å². The predicted molar refractivity (Wildman–Crippen MR) is 89.2 cm³/mol. The van der Waals surface area contributed by atoms with Gasteiger partial charge >= 0.3 is 0 Å². The third kappa shape index (κ3) is 3.97. The smallest absolute Gasteiger partial charge is 0.276 e. The SMILES string of the molecule is CCCCc1ccc([Si](C)(C)Oc2ccccc2)cc1. The highest BCUT2D eigenvalue weighted by Crippen LogP contribution is 2.16. The Morgan fingerprint density at radius 1 is 0.900 bits per heavy atom. The standard InChI is InChI=1S/C18H24OSi/c1-4-5-9-16-12-14-18(15-13-16)20(2,3)19-17-10-7-6-8-11-17/h6-8,10-15H,4-5,9H2,1-3H3. The lowest BCUT2D eigenvalue weighted by Crippen LogP contribution is -2.47. The first kappa shape index (κ1) is 14.9. The Morgan fingerprint density at radius 2 is 1.55 bits per heavy atom. The zero-order valence-corrected chi connectivity index (χ0v) is 13.7. The van der Waals surface area contributed by atoms with Crippen LogP contribution < -0.4 is 9.61 Å². The number of para-hydroxylation sites is 1. The van der Waals surface area contributed by atoms with Crippen molar-refractivity contribution in [3.8, 4) is 5.75 Å². The summed E-state index contributed by atoms with van der Waals surface area (Å²) in [7, 11) is -1.87. The van der Waals surface area contributed by atoms with E-state index in [-0.39, 0.29) is 0 Å². The maximum absolute atomic E-state index is 6.25. The third-order valence-electron chi connectivity index (χ3n) is 3.58. The van der Waals surface area contributed by atoms with Gasteiger partial charge in [-0.15, -0.1) is 0 Å². The maximum atomic E-state index is 6.25. The van der Waals surface area contributed by atoms with E-state index < -0.39 is 8.32 Å². The lowest BCUT2D eigenvalue weighted by molar-refractivity contribution is 0.564. The number of hydrogen-bond donors (Lipinski definition) is 0. The van der Waals surface area contributed by atoms with Crippen molar-refractivity contribution in [2.75, 3.05) is 0 Å². The summed E-state index contributed by atoms with van der Waals surface area (Å²) in [6, 6.07) is 19.1. The summed E-state index contributed by atoms with van der Waals surface area (Å²) in [6.07, 6.45) is 3.69. The molecule has 0 radical (unpaired) electrons. The van der Waals surface area contributed by atoms with Gasteiger partial charge < -0.3 is 4.43 Å². The van der Waals surface area contributed by atoms with E-state index in [0.29, 0.717) is 0 Å². The molecule has 2 aromatic carbocycles. The molecule has 0 aliphatic heterocycles. The Morgan fingerprint density at radius 3 is 2.15 bits per heavy atom. The van der Waals surface area contributed by atoms with E-state index in [1.807, 2.05) is 30.3 Å². The van der Waals surface area contributed by atoms with Crippen LogP contribution in [0.25, 0.3) is 0 Å². The first-order valence-corrected chi connectivity index (χ1v) is 10.4. The Hall–Kier alpha value is -1.54. The first-order chi connectivity index (χ1) is 9.62. The second-order valence-corrected chi connectivity index (χ2v) is 9.53. The molecule has 1 nitrogen and oxygen atoms in total. The predicted octanol–water partition coefficient (Wildman–Crippen LogP) is 4.52. The van der Waals surface area contributed by atoms with E-state index in [0.717, 1.165) is 5.75 Å². The van der Waals surface area contributed by atoms with Gasteiger partial charge in [0.25, 0.3) is 8.32 Å². The van der Waals surface area contributed by atoms with E-state index in [4.69, 9.17) is 4.43 Å². The van der Waals surface area contributed by atoms with Crippen LogP contribution in [-0.4, -0.2) is 8.32 Å². The fraction of sp³-hybridized carbons (Fsp3) is 0.333. The largest absolute Gasteiger partial charge is 0.540 e. The first-order valence-electron chi connectivity index (χ1n) is 7.45. The molecule has 2 heteroatoms. The Balaban J connectivity index is 2.09. The van der Waals surface area contributed by atoms with Crippen LogP contribution in [-0.2, 0) is 6.42 Å². The summed E-state index contributed by atoms with van der Waals surface area (Å²) < 4.78 is 6.25. The Labute approximate surface area is 123 Å². The van der Waals surface area contributed by atoms with Crippen molar-refractivity contribution >= 4 is 13.5 Å². The van der Waals surface area contributed by atoms with Gasteiger partial charge in [0.05, 0.1) is 0 Å². The van der Waals surface area contributed by atoms with E-state index in [1.54, 1.807) is 0 Å². The van der Waals surface area contributed by atoms with Crippen LogP contribution in [0.5, 0.6) is 5.75 Å². The highest BCUT2D eigenvalue weighted by molar-refractivity contribution is 6.84. The molecule has 0 heterocycles. The topological polar surface area (TPSA) is 9.23 Å². The molecule has 0 aliphatic rings. The van der Waals surface area contributed by atoms with Gasteiger partial charge in [0.15, 0.2) is 0 Å². The Bertz CT molecular complexity index is 517. The zero-order chi connectivity index (χ0) is 14.4. The molecule has 0 aliphatic carbocycles. The van der Waals surface area contributed by atoms with E-state index in [2.05, 4.69) is 44.3 Å². The van der Waals surface area contributed by atoms with Crippen molar-refractivity contribution in [1.82, 2.24) is 0 Å². The fourth-order valence-electron chi connectivity index (χ4n) is 2.30. The van der Waals surface area contributed by atoms with Crippen LogP contribution >= 0.6 is 0 Å². The van der Waals surface area contributed by atoms with Crippen LogP contribution in [0.1, 0.15) is 25.3 Å². The van der Waals surface area contributed by atoms with Crippen molar-refractivity contribution in [2.24, 2.45) is 0 Å². The summed E-state index contributed by atoms with van der Waals surface area (Å²) in [6.45, 7) is 6.74. The van der Waals surface area contributed by atoms with Crippen LogP contribution in [0.3, 0.4) is 0 Å². The van der Waals surface area contributed by atoms with E-state index in [9.17, 15) is 0 Å². The Kier molecular flexibility index (Phi) is 5.02. The number of benzene rings is 2. The lowest BCUT2D eigenvalue weighted by Gasteiger charge is -2.24. The van der Waals surface area contributed by atoms with Gasteiger partial charge in [0, 0.05) is 0 Å². The molecule has 0 unspecified atom stereocenters. The summed E-state index contributed by atoms with van der Waals surface area (Å²) in [5.41, 5.74) is 1.43. The molecule has 0 N–H and O–H groups in total. The second kappa shape index (κ2) is 6.75. The lowest BCUT2D eigenvalue weighted by atomic mass is 10.1. The number of rotatable bonds is 6. The van der Waals surface area contributed by atoms with Crippen molar-refractivity contribution in [3.63, 3.8) is 0 Å². The molecule has 0 aromatic heterocycles. The van der Waals surface area contributed by atoms with Crippen molar-refractivity contribution in [3.05, 3.63) is 60.2 Å². The van der Waals surface area contributed by atoms with Gasteiger partial charge in [-0.1, -0.05) is 55.8 Å². The fourth-order valence-corrected chi connectivity index (χ4v) is 4.11. The summed E-state index contributed by atoms with van der Waals surface area (Å²) in [4.78, 5) is 0. The highest BCUT2D eigenvalue weighted by Gasteiger charge is 2.27. The van der Waals surface area contributed by atoms with Crippen LogP contribution in [0, 0.1) is 0 Å². The van der Waals surface area contributed by atoms with Gasteiger partial charge in [-0.25, -0.2) is 0 Å². The summed E-state index contributed by atoms with van der Waals surface area (Å²) in [5, 5.41) is 1.35. The zero-order valence-electron chi connectivity index (χ0n) is 12.7. The molecular formula is C18H24OSi. The third-order valence-corrected chi connectivity index (χ3v) is 6.05. The molecule has 0 saturated heterocycles. The molecule has 0 spiro atoms. The minimum Gasteiger partial charge on any atom is -0.540 e. The molecule has 106 valence electrons. The van der Waals surface area contributed by atoms with Crippen molar-refractivity contribution in [1.29, 1.82) is 0 Å². The molecule has 2 rings (SSSR count). The van der Waals surface area contributed by atoms with Crippen LogP contribution in [0.4, 0.5) is 0 Å². The average molecular weight is 284 g/mol. The average Bonchev–Trinajstić information content (AvgIpc) is 2.46. The summed E-state index contributed by atoms with van der Waals surface area (Å²) in [5.74, 6) is 0.972. The van der Waals surface area contributed by atoms with Gasteiger partial charge in [-0.05, 0) is 48.8 Å². The van der Waals surface area contributed by atoms with Gasteiger partial charge in [0.1, 0.15) is 5.75 Å². The van der Waals surface area contributed by atoms with E-state index in [1.165, 1.54) is 30.0 Å².